The minimum atomic E-state index is -0.490. The van der Waals surface area contributed by atoms with Gasteiger partial charge in [0.15, 0.2) is 0 Å². The molecular formula is C19H23N3O3. The van der Waals surface area contributed by atoms with Gasteiger partial charge < -0.3 is 14.6 Å². The number of carbonyl (C=O) groups is 1. The number of aromatic nitrogens is 2. The van der Waals surface area contributed by atoms with E-state index in [-0.39, 0.29) is 22.4 Å². The average Bonchev–Trinajstić information content (AvgIpc) is 2.88. The number of likely N-dealkylation sites (tertiary alicyclic amines) is 1. The number of hydrogen-bond acceptors (Lipinski definition) is 4. The van der Waals surface area contributed by atoms with Gasteiger partial charge in [0.1, 0.15) is 5.69 Å². The first kappa shape index (κ1) is 16.3. The van der Waals surface area contributed by atoms with Gasteiger partial charge in [-0.1, -0.05) is 32.0 Å². The molecule has 6 heteroatoms. The Morgan fingerprint density at radius 2 is 2.16 bits per heavy atom. The van der Waals surface area contributed by atoms with E-state index >= 15 is 0 Å². The fourth-order valence-corrected chi connectivity index (χ4v) is 5.18. The molecule has 2 fully saturated rings. The SMILES string of the molecule is COC[C@@]12CN(C(=O)c3nc(=O)[nH]c4ccccc34)C[C@@H]1C(C)(C)C2. The molecule has 1 N–H and O–H groups in total. The maximum Gasteiger partial charge on any atom is 0.346 e. The molecular weight excluding hydrogens is 318 g/mol. The number of hydrogen-bond donors (Lipinski definition) is 1. The maximum atomic E-state index is 13.2. The molecule has 25 heavy (non-hydrogen) atoms. The van der Waals surface area contributed by atoms with Crippen LogP contribution in [0.25, 0.3) is 10.9 Å². The molecule has 1 aliphatic carbocycles. The molecule has 2 aliphatic rings. The van der Waals surface area contributed by atoms with Crippen molar-refractivity contribution in [3.05, 3.63) is 40.4 Å². The lowest BCUT2D eigenvalue weighted by atomic mass is 9.48. The molecule has 132 valence electrons. The number of para-hydroxylation sites is 1. The molecule has 1 saturated carbocycles. The van der Waals surface area contributed by atoms with Crippen molar-refractivity contribution in [3.8, 4) is 0 Å². The van der Waals surface area contributed by atoms with Gasteiger partial charge in [0.05, 0.1) is 12.1 Å². The van der Waals surface area contributed by atoms with E-state index < -0.39 is 5.69 Å². The lowest BCUT2D eigenvalue weighted by Crippen LogP contribution is -2.55. The number of H-pyrrole nitrogens is 1. The van der Waals surface area contributed by atoms with Crippen LogP contribution < -0.4 is 5.69 Å². The summed E-state index contributed by atoms with van der Waals surface area (Å²) in [6.45, 7) is 6.52. The van der Waals surface area contributed by atoms with Crippen molar-refractivity contribution < 1.29 is 9.53 Å². The maximum absolute atomic E-state index is 13.2. The first-order chi connectivity index (χ1) is 11.9. The van der Waals surface area contributed by atoms with E-state index in [1.807, 2.05) is 23.1 Å². The Bertz CT molecular complexity index is 904. The molecule has 2 atom stereocenters. The van der Waals surface area contributed by atoms with Crippen molar-refractivity contribution in [3.63, 3.8) is 0 Å². The topological polar surface area (TPSA) is 75.3 Å². The molecule has 0 spiro atoms. The third-order valence-electron chi connectivity index (χ3n) is 5.96. The van der Waals surface area contributed by atoms with Crippen LogP contribution in [0.5, 0.6) is 0 Å². The Kier molecular flexibility index (Phi) is 3.51. The minimum Gasteiger partial charge on any atom is -0.384 e. The summed E-state index contributed by atoms with van der Waals surface area (Å²) in [4.78, 5) is 33.6. The minimum absolute atomic E-state index is 0.0327. The van der Waals surface area contributed by atoms with Gasteiger partial charge in [-0.2, -0.15) is 4.98 Å². The van der Waals surface area contributed by atoms with Gasteiger partial charge in [0, 0.05) is 31.0 Å². The third kappa shape index (κ3) is 2.39. The molecule has 1 aliphatic heterocycles. The van der Waals surface area contributed by atoms with E-state index in [4.69, 9.17) is 4.74 Å². The van der Waals surface area contributed by atoms with Crippen molar-refractivity contribution in [2.45, 2.75) is 20.3 Å². The molecule has 0 radical (unpaired) electrons. The Morgan fingerprint density at radius 1 is 1.40 bits per heavy atom. The average molecular weight is 341 g/mol. The predicted octanol–water partition coefficient (Wildman–Crippen LogP) is 2.06. The fourth-order valence-electron chi connectivity index (χ4n) is 5.18. The van der Waals surface area contributed by atoms with Gasteiger partial charge in [-0.25, -0.2) is 4.79 Å². The third-order valence-corrected chi connectivity index (χ3v) is 5.96. The Balaban J connectivity index is 1.70. The van der Waals surface area contributed by atoms with E-state index in [1.54, 1.807) is 13.2 Å². The van der Waals surface area contributed by atoms with Gasteiger partial charge in [0.2, 0.25) is 0 Å². The number of benzene rings is 1. The van der Waals surface area contributed by atoms with Crippen LogP contribution in [0.4, 0.5) is 0 Å². The fraction of sp³-hybridized carbons (Fsp3) is 0.526. The van der Waals surface area contributed by atoms with E-state index in [1.165, 1.54) is 0 Å². The molecule has 6 nitrogen and oxygen atoms in total. The number of amides is 1. The molecule has 2 aromatic rings. The van der Waals surface area contributed by atoms with Crippen LogP contribution in [0.15, 0.2) is 29.1 Å². The summed E-state index contributed by atoms with van der Waals surface area (Å²) in [6, 6.07) is 7.30. The van der Waals surface area contributed by atoms with Crippen molar-refractivity contribution in [1.29, 1.82) is 0 Å². The lowest BCUT2D eigenvalue weighted by molar-refractivity contribution is -0.107. The normalized spacial score (nSPS) is 27.2. The zero-order valence-electron chi connectivity index (χ0n) is 14.8. The van der Waals surface area contributed by atoms with Crippen LogP contribution in [0, 0.1) is 16.7 Å². The number of nitrogens with zero attached hydrogens (tertiary/aromatic N) is 2. The molecule has 1 aromatic heterocycles. The largest absolute Gasteiger partial charge is 0.384 e. The van der Waals surface area contributed by atoms with Crippen molar-refractivity contribution in [2.75, 3.05) is 26.8 Å². The summed E-state index contributed by atoms with van der Waals surface area (Å²) in [7, 11) is 1.72. The Morgan fingerprint density at radius 3 is 2.88 bits per heavy atom. The van der Waals surface area contributed by atoms with Crippen LogP contribution in [-0.4, -0.2) is 47.6 Å². The standard InChI is InChI=1S/C19H23N3O3/c1-18(2)9-19(11-25-3)10-22(8-14(18)19)16(23)15-12-6-4-5-7-13(12)20-17(24)21-15/h4-7,14H,8-11H2,1-3H3,(H,20,21,24)/t14-,19-/m1/s1. The zero-order valence-corrected chi connectivity index (χ0v) is 14.8. The zero-order chi connectivity index (χ0) is 17.8. The summed E-state index contributed by atoms with van der Waals surface area (Å²) in [5, 5.41) is 0.686. The van der Waals surface area contributed by atoms with Crippen LogP contribution in [0.3, 0.4) is 0 Å². The second kappa shape index (κ2) is 5.39. The van der Waals surface area contributed by atoms with Gasteiger partial charge in [-0.05, 0) is 23.8 Å². The molecule has 0 bridgehead atoms. The quantitative estimate of drug-likeness (QED) is 0.927. The van der Waals surface area contributed by atoms with Crippen molar-refractivity contribution in [1.82, 2.24) is 14.9 Å². The number of rotatable bonds is 3. The monoisotopic (exact) mass is 341 g/mol. The Hall–Kier alpha value is -2.21. The molecule has 4 rings (SSSR count). The summed E-state index contributed by atoms with van der Waals surface area (Å²) < 4.78 is 5.46. The molecule has 1 amide bonds. The molecule has 2 heterocycles. The number of ether oxygens (including phenoxy) is 1. The highest BCUT2D eigenvalue weighted by atomic mass is 16.5. The Labute approximate surface area is 146 Å². The molecule has 1 saturated heterocycles. The number of methoxy groups -OCH3 is 1. The summed E-state index contributed by atoms with van der Waals surface area (Å²) in [6.07, 6.45) is 1.05. The van der Waals surface area contributed by atoms with Crippen molar-refractivity contribution in [2.24, 2.45) is 16.7 Å². The lowest BCUT2D eigenvalue weighted by Gasteiger charge is -2.56. The van der Waals surface area contributed by atoms with E-state index in [9.17, 15) is 9.59 Å². The van der Waals surface area contributed by atoms with Gasteiger partial charge in [-0.15, -0.1) is 0 Å². The van der Waals surface area contributed by atoms with Gasteiger partial charge in [0.25, 0.3) is 5.91 Å². The van der Waals surface area contributed by atoms with Crippen molar-refractivity contribution >= 4 is 16.8 Å². The van der Waals surface area contributed by atoms with Crippen LogP contribution >= 0.6 is 0 Å². The van der Waals surface area contributed by atoms with E-state index in [2.05, 4.69) is 23.8 Å². The molecule has 0 unspecified atom stereocenters. The predicted molar refractivity (Wildman–Crippen MR) is 94.5 cm³/mol. The first-order valence-electron chi connectivity index (χ1n) is 8.64. The summed E-state index contributed by atoms with van der Waals surface area (Å²) in [5.41, 5.74) is 0.629. The highest BCUT2D eigenvalue weighted by Crippen LogP contribution is 2.62. The number of carbonyl (C=O) groups excluding carboxylic acids is 1. The second-order valence-electron chi connectivity index (χ2n) is 8.14. The summed E-state index contributed by atoms with van der Waals surface area (Å²) in [5.74, 6) is 0.250. The highest BCUT2D eigenvalue weighted by molar-refractivity contribution is 6.04. The second-order valence-corrected chi connectivity index (χ2v) is 8.14. The summed E-state index contributed by atoms with van der Waals surface area (Å²) >= 11 is 0. The van der Waals surface area contributed by atoms with Crippen LogP contribution in [-0.2, 0) is 4.74 Å². The van der Waals surface area contributed by atoms with Crippen LogP contribution in [0.1, 0.15) is 30.8 Å². The smallest absolute Gasteiger partial charge is 0.346 e. The molecule has 1 aromatic carbocycles. The number of nitrogens with one attached hydrogen (secondary N) is 1. The first-order valence-corrected chi connectivity index (χ1v) is 8.64. The number of fused-ring (bicyclic) bond motifs is 2. The van der Waals surface area contributed by atoms with E-state index in [0.29, 0.717) is 36.5 Å². The van der Waals surface area contributed by atoms with Gasteiger partial charge in [-0.3, -0.25) is 4.79 Å². The van der Waals surface area contributed by atoms with E-state index in [0.717, 1.165) is 6.42 Å². The highest BCUT2D eigenvalue weighted by Gasteiger charge is 2.63. The van der Waals surface area contributed by atoms with Gasteiger partial charge >= 0.3 is 5.69 Å². The number of aromatic amines is 1. The van der Waals surface area contributed by atoms with Crippen LogP contribution in [0.2, 0.25) is 0 Å².